The summed E-state index contributed by atoms with van der Waals surface area (Å²) in [7, 11) is 0. The zero-order valence-electron chi connectivity index (χ0n) is 11.4. The Bertz CT molecular complexity index is 704. The van der Waals surface area contributed by atoms with E-state index in [0.717, 1.165) is 17.8 Å². The molecule has 4 N–H and O–H groups in total. The van der Waals surface area contributed by atoms with Gasteiger partial charge in [-0.1, -0.05) is 0 Å². The van der Waals surface area contributed by atoms with E-state index in [-0.39, 0.29) is 11.8 Å². The Morgan fingerprint density at radius 1 is 1.38 bits per heavy atom. The van der Waals surface area contributed by atoms with Gasteiger partial charge in [-0.25, -0.2) is 5.43 Å². The van der Waals surface area contributed by atoms with Crippen molar-refractivity contribution in [2.75, 3.05) is 0 Å². The second-order valence-electron chi connectivity index (χ2n) is 5.01. The molecule has 1 aromatic heterocycles. The second-order valence-corrected chi connectivity index (χ2v) is 5.40. The van der Waals surface area contributed by atoms with Gasteiger partial charge in [-0.2, -0.15) is 14.9 Å². The van der Waals surface area contributed by atoms with Gasteiger partial charge in [0.05, 0.1) is 12.3 Å². The quantitative estimate of drug-likeness (QED) is 0.509. The van der Waals surface area contributed by atoms with Crippen molar-refractivity contribution >= 4 is 18.4 Å². The highest BCUT2D eigenvalue weighted by Crippen LogP contribution is 2.20. The number of phenols is 1. The molecule has 1 saturated heterocycles. The number of phenolic OH excluding ortho intramolecular Hbond substituents is 1. The first kappa shape index (κ1) is 13.9. The van der Waals surface area contributed by atoms with Crippen LogP contribution < -0.4 is 10.9 Å². The summed E-state index contributed by atoms with van der Waals surface area (Å²) in [5.41, 5.74) is 7.20. The van der Waals surface area contributed by atoms with Crippen molar-refractivity contribution in [3.63, 3.8) is 0 Å². The van der Waals surface area contributed by atoms with Crippen LogP contribution in [0.5, 0.6) is 5.75 Å². The molecular weight excluding hydrogens is 288 g/mol. The van der Waals surface area contributed by atoms with Crippen molar-refractivity contribution in [2.24, 2.45) is 5.10 Å². The fraction of sp³-hybridized carbons (Fsp3) is 0.308. The van der Waals surface area contributed by atoms with Gasteiger partial charge in [-0.3, -0.25) is 10.5 Å². The van der Waals surface area contributed by atoms with E-state index in [0.29, 0.717) is 10.8 Å². The van der Waals surface area contributed by atoms with Gasteiger partial charge >= 0.3 is 0 Å². The molecule has 110 valence electrons. The van der Waals surface area contributed by atoms with Gasteiger partial charge in [-0.15, -0.1) is 0 Å². The summed E-state index contributed by atoms with van der Waals surface area (Å²) >= 11 is 5.22. The Morgan fingerprint density at radius 2 is 2.14 bits per heavy atom. The van der Waals surface area contributed by atoms with Gasteiger partial charge in [-0.05, 0) is 55.4 Å². The maximum atomic E-state index is 9.27. The molecule has 21 heavy (non-hydrogen) atoms. The van der Waals surface area contributed by atoms with Crippen LogP contribution >= 0.6 is 12.2 Å². The average Bonchev–Trinajstić information content (AvgIpc) is 3.05. The summed E-state index contributed by atoms with van der Waals surface area (Å²) < 4.78 is 2.06. The molecule has 0 spiro atoms. The van der Waals surface area contributed by atoms with Crippen LogP contribution in [-0.4, -0.2) is 32.2 Å². The third kappa shape index (κ3) is 3.02. The molecule has 2 aromatic rings. The van der Waals surface area contributed by atoms with Crippen molar-refractivity contribution in [2.45, 2.75) is 25.4 Å². The van der Waals surface area contributed by atoms with Gasteiger partial charge in [0, 0.05) is 6.04 Å². The monoisotopic (exact) mass is 304 g/mol. The molecule has 0 amide bonds. The molecule has 0 aliphatic carbocycles. The van der Waals surface area contributed by atoms with Crippen LogP contribution in [0.1, 0.15) is 30.8 Å². The van der Waals surface area contributed by atoms with E-state index < -0.39 is 0 Å². The lowest BCUT2D eigenvalue weighted by atomic mass is 10.1. The molecule has 0 saturated carbocycles. The molecule has 8 heteroatoms. The molecule has 2 unspecified atom stereocenters. The molecule has 0 bridgehead atoms. The fourth-order valence-corrected chi connectivity index (χ4v) is 2.40. The maximum Gasteiger partial charge on any atom is 0.216 e. The number of aromatic amines is 1. The van der Waals surface area contributed by atoms with Crippen LogP contribution in [0.25, 0.3) is 0 Å². The number of hydrogen-bond acceptors (Lipinski definition) is 6. The molecule has 0 radical (unpaired) electrons. The fourth-order valence-electron chi connectivity index (χ4n) is 2.21. The van der Waals surface area contributed by atoms with Crippen LogP contribution in [-0.2, 0) is 0 Å². The minimum atomic E-state index is 0.0601. The highest BCUT2D eigenvalue weighted by molar-refractivity contribution is 7.71. The van der Waals surface area contributed by atoms with Crippen molar-refractivity contribution in [1.29, 1.82) is 0 Å². The molecule has 3 rings (SSSR count). The summed E-state index contributed by atoms with van der Waals surface area (Å²) in [4.78, 5) is 0. The van der Waals surface area contributed by atoms with Gasteiger partial charge < -0.3 is 5.11 Å². The zero-order chi connectivity index (χ0) is 14.8. The van der Waals surface area contributed by atoms with Crippen LogP contribution in [0.15, 0.2) is 29.4 Å². The van der Waals surface area contributed by atoms with Crippen molar-refractivity contribution in [3.8, 4) is 5.75 Å². The van der Waals surface area contributed by atoms with Gasteiger partial charge in [0.2, 0.25) is 4.77 Å². The molecule has 2 heterocycles. The summed E-state index contributed by atoms with van der Waals surface area (Å²) in [5, 5.41) is 20.7. The standard InChI is InChI=1S/C13H16N6OS/c1-8-6-11(16-15-8)12-17-18-13(21)19(12)14-7-9-2-4-10(20)5-3-9/h2-5,7-8,11,15-16,20H,6H2,1H3,(H,18,21)/b14-7+. The number of aromatic nitrogens is 3. The van der Waals surface area contributed by atoms with Crippen LogP contribution in [0.4, 0.5) is 0 Å². The molecule has 1 aliphatic heterocycles. The van der Waals surface area contributed by atoms with E-state index in [2.05, 4.69) is 33.1 Å². The number of nitrogens with one attached hydrogen (secondary N) is 3. The molecule has 1 fully saturated rings. The minimum Gasteiger partial charge on any atom is -0.508 e. The lowest BCUT2D eigenvalue weighted by molar-refractivity contribution is 0.475. The Kier molecular flexibility index (Phi) is 3.82. The highest BCUT2D eigenvalue weighted by atomic mass is 32.1. The van der Waals surface area contributed by atoms with E-state index >= 15 is 0 Å². The van der Waals surface area contributed by atoms with E-state index in [1.165, 1.54) is 0 Å². The highest BCUT2D eigenvalue weighted by Gasteiger charge is 2.26. The lowest BCUT2D eigenvalue weighted by Gasteiger charge is -2.07. The predicted molar refractivity (Wildman–Crippen MR) is 81.6 cm³/mol. The average molecular weight is 304 g/mol. The number of H-pyrrole nitrogens is 1. The minimum absolute atomic E-state index is 0.0601. The largest absolute Gasteiger partial charge is 0.508 e. The SMILES string of the molecule is CC1CC(c2n[nH]c(=S)n2/N=C/c2ccc(O)cc2)NN1. The van der Waals surface area contributed by atoms with E-state index in [4.69, 9.17) is 12.2 Å². The van der Waals surface area contributed by atoms with Gasteiger partial charge in [0.25, 0.3) is 0 Å². The van der Waals surface area contributed by atoms with Crippen molar-refractivity contribution < 1.29 is 5.11 Å². The third-order valence-electron chi connectivity index (χ3n) is 3.30. The number of hydrazine groups is 1. The Labute approximate surface area is 126 Å². The van der Waals surface area contributed by atoms with Gasteiger partial charge in [0.1, 0.15) is 5.75 Å². The second kappa shape index (κ2) is 5.76. The van der Waals surface area contributed by atoms with Crippen LogP contribution in [0, 0.1) is 4.77 Å². The summed E-state index contributed by atoms with van der Waals surface area (Å²) in [6.07, 6.45) is 2.59. The van der Waals surface area contributed by atoms with Crippen LogP contribution in [0.2, 0.25) is 0 Å². The molecular formula is C13H16N6OS. The Hall–Kier alpha value is -2.03. The number of benzene rings is 1. The number of aromatic hydroxyl groups is 1. The van der Waals surface area contributed by atoms with E-state index in [1.54, 1.807) is 35.2 Å². The van der Waals surface area contributed by atoms with Crippen molar-refractivity contribution in [3.05, 3.63) is 40.4 Å². The Morgan fingerprint density at radius 3 is 2.81 bits per heavy atom. The normalized spacial score (nSPS) is 22.1. The first-order chi connectivity index (χ1) is 10.1. The molecule has 7 nitrogen and oxygen atoms in total. The molecule has 2 atom stereocenters. The summed E-state index contributed by atoms with van der Waals surface area (Å²) in [6.45, 7) is 2.10. The number of hydrogen-bond donors (Lipinski definition) is 4. The summed E-state index contributed by atoms with van der Waals surface area (Å²) in [5.74, 6) is 0.967. The first-order valence-electron chi connectivity index (χ1n) is 6.65. The molecule has 1 aromatic carbocycles. The molecule has 1 aliphatic rings. The van der Waals surface area contributed by atoms with Crippen LogP contribution in [0.3, 0.4) is 0 Å². The van der Waals surface area contributed by atoms with Crippen molar-refractivity contribution in [1.82, 2.24) is 25.7 Å². The Balaban J connectivity index is 1.86. The predicted octanol–water partition coefficient (Wildman–Crippen LogP) is 1.46. The first-order valence-corrected chi connectivity index (χ1v) is 7.06. The number of nitrogens with zero attached hydrogens (tertiary/aromatic N) is 3. The summed E-state index contributed by atoms with van der Waals surface area (Å²) in [6, 6.07) is 7.21. The lowest BCUT2D eigenvalue weighted by Crippen LogP contribution is -2.29. The maximum absolute atomic E-state index is 9.27. The van der Waals surface area contributed by atoms with E-state index in [1.807, 2.05) is 0 Å². The third-order valence-corrected chi connectivity index (χ3v) is 3.56. The van der Waals surface area contributed by atoms with Gasteiger partial charge in [0.15, 0.2) is 5.82 Å². The van der Waals surface area contributed by atoms with E-state index in [9.17, 15) is 5.11 Å². The topological polar surface area (TPSA) is 90.3 Å². The number of rotatable bonds is 3. The smallest absolute Gasteiger partial charge is 0.216 e. The zero-order valence-corrected chi connectivity index (χ0v) is 12.3.